The second-order valence-corrected chi connectivity index (χ2v) is 13.2. The van der Waals surface area contributed by atoms with E-state index in [0.717, 1.165) is 47.2 Å². The molecule has 0 radical (unpaired) electrons. The molecule has 264 valence electrons. The quantitative estimate of drug-likeness (QED) is 0.147. The Hall–Kier alpha value is -5.96. The third-order valence-corrected chi connectivity index (χ3v) is 9.70. The van der Waals surface area contributed by atoms with Crippen LogP contribution in [0.25, 0.3) is 0 Å². The predicted molar refractivity (Wildman–Crippen MR) is 205 cm³/mol. The van der Waals surface area contributed by atoms with Gasteiger partial charge in [-0.15, -0.1) is 0 Å². The Morgan fingerprint density at radius 3 is 2.29 bits per heavy atom. The van der Waals surface area contributed by atoms with Gasteiger partial charge in [0.15, 0.2) is 11.5 Å². The number of ether oxygens (including phenoxy) is 3. The maximum absolute atomic E-state index is 13.8. The number of hydrogen-bond acceptors (Lipinski definition) is 7. The number of allylic oxidation sites excluding steroid dienone is 4. The number of hydrogen-bond donors (Lipinski definition) is 0. The Bertz CT molecular complexity index is 2130. The monoisotopic (exact) mass is 694 g/mol. The van der Waals surface area contributed by atoms with E-state index in [-0.39, 0.29) is 30.5 Å². The van der Waals surface area contributed by atoms with E-state index in [1.807, 2.05) is 111 Å². The summed E-state index contributed by atoms with van der Waals surface area (Å²) in [6.07, 6.45) is 14.2. The molecule has 4 aromatic carbocycles. The molecule has 9 heteroatoms. The van der Waals surface area contributed by atoms with Crippen LogP contribution in [0.15, 0.2) is 107 Å². The lowest BCUT2D eigenvalue weighted by Crippen LogP contribution is -2.37. The van der Waals surface area contributed by atoms with Crippen molar-refractivity contribution >= 4 is 41.3 Å². The first kappa shape index (κ1) is 34.5. The van der Waals surface area contributed by atoms with Crippen LogP contribution >= 0.6 is 0 Å². The van der Waals surface area contributed by atoms with Gasteiger partial charge in [0.05, 0.1) is 41.7 Å². The molecule has 7 rings (SSSR count). The van der Waals surface area contributed by atoms with Crippen molar-refractivity contribution in [1.29, 1.82) is 0 Å². The minimum absolute atomic E-state index is 0.0482. The van der Waals surface area contributed by atoms with Crippen molar-refractivity contribution in [1.82, 2.24) is 4.90 Å². The number of fused-ring (bicyclic) bond motifs is 5. The summed E-state index contributed by atoms with van der Waals surface area (Å²) >= 11 is 0. The van der Waals surface area contributed by atoms with Crippen molar-refractivity contribution in [2.75, 3.05) is 19.1 Å². The van der Waals surface area contributed by atoms with Crippen LogP contribution in [0.2, 0.25) is 0 Å². The summed E-state index contributed by atoms with van der Waals surface area (Å²) in [5.74, 6) is 1.49. The molecular weight excluding hydrogens is 652 g/mol. The molecule has 3 heterocycles. The molecule has 0 aliphatic carbocycles. The zero-order valence-corrected chi connectivity index (χ0v) is 29.9. The van der Waals surface area contributed by atoms with E-state index in [2.05, 4.69) is 12.1 Å². The van der Waals surface area contributed by atoms with Crippen LogP contribution in [-0.4, -0.2) is 55.4 Å². The average molecular weight is 695 g/mol. The molecule has 0 saturated heterocycles. The summed E-state index contributed by atoms with van der Waals surface area (Å²) in [6.45, 7) is 4.53. The van der Waals surface area contributed by atoms with Gasteiger partial charge in [0.2, 0.25) is 0 Å². The Kier molecular flexibility index (Phi) is 10.0. The standard InChI is InChI=1S/C43H42N4O5/c1-5-6-7-8-9-16-32-24-44-36-22-39(28(2)18-34(36)42(48)46(32)3)51-26-29-13-12-14-30(19-29)27-52-41-23-37-35(21-40(41)50-4)43(49)47-33(25-45-37)20-31-15-10-11-17-38(31)47/h5-8,10-15,17-19,21-25,32-33H,9,16,20,26-27H2,1-4H3/b6-5-,8-7-/t32-,33?/m0/s1. The number of nitrogens with zero attached hydrogens (tertiary/aromatic N) is 4. The molecule has 4 aromatic rings. The van der Waals surface area contributed by atoms with Crippen LogP contribution in [0.4, 0.5) is 17.1 Å². The van der Waals surface area contributed by atoms with E-state index < -0.39 is 0 Å². The summed E-state index contributed by atoms with van der Waals surface area (Å²) in [5, 5.41) is 0. The van der Waals surface area contributed by atoms with E-state index in [4.69, 9.17) is 24.2 Å². The fraction of sp³-hybridized carbons (Fsp3) is 0.256. The number of carbonyl (C=O) groups is 2. The smallest absolute Gasteiger partial charge is 0.261 e. The van der Waals surface area contributed by atoms with Gasteiger partial charge in [0.25, 0.3) is 11.8 Å². The minimum Gasteiger partial charge on any atom is -0.493 e. The van der Waals surface area contributed by atoms with Crippen LogP contribution in [0, 0.1) is 6.92 Å². The third-order valence-electron chi connectivity index (χ3n) is 9.70. The maximum atomic E-state index is 13.8. The predicted octanol–water partition coefficient (Wildman–Crippen LogP) is 8.52. The van der Waals surface area contributed by atoms with Gasteiger partial charge in [-0.05, 0) is 73.2 Å². The Morgan fingerprint density at radius 2 is 1.52 bits per heavy atom. The normalized spacial score (nSPS) is 17.5. The zero-order valence-electron chi connectivity index (χ0n) is 29.9. The van der Waals surface area contributed by atoms with Crippen LogP contribution in [0.5, 0.6) is 17.2 Å². The van der Waals surface area contributed by atoms with Crippen LogP contribution in [0.3, 0.4) is 0 Å². The summed E-state index contributed by atoms with van der Waals surface area (Å²) < 4.78 is 18.2. The summed E-state index contributed by atoms with van der Waals surface area (Å²) in [4.78, 5) is 40.2. The lowest BCUT2D eigenvalue weighted by Gasteiger charge is -2.23. The van der Waals surface area contributed by atoms with Crippen LogP contribution < -0.4 is 19.1 Å². The zero-order chi connectivity index (χ0) is 36.2. The number of para-hydroxylation sites is 1. The molecule has 0 N–H and O–H groups in total. The van der Waals surface area contributed by atoms with Gasteiger partial charge < -0.3 is 19.1 Å². The first-order valence-corrected chi connectivity index (χ1v) is 17.6. The number of rotatable bonds is 11. The molecule has 0 aromatic heterocycles. The third kappa shape index (κ3) is 6.99. The van der Waals surface area contributed by atoms with Gasteiger partial charge in [-0.1, -0.05) is 60.7 Å². The Morgan fingerprint density at radius 1 is 0.808 bits per heavy atom. The van der Waals surface area contributed by atoms with Gasteiger partial charge >= 0.3 is 0 Å². The largest absolute Gasteiger partial charge is 0.493 e. The average Bonchev–Trinajstić information content (AvgIpc) is 3.43. The Labute approximate surface area is 304 Å². The molecule has 2 atom stereocenters. The van der Waals surface area contributed by atoms with Crippen molar-refractivity contribution in [3.63, 3.8) is 0 Å². The molecule has 3 aliphatic rings. The highest BCUT2D eigenvalue weighted by Gasteiger charge is 2.36. The lowest BCUT2D eigenvalue weighted by molar-refractivity contribution is 0.0771. The first-order chi connectivity index (χ1) is 25.3. The second kappa shape index (κ2) is 15.1. The molecule has 1 unspecified atom stereocenters. The highest BCUT2D eigenvalue weighted by atomic mass is 16.5. The van der Waals surface area contributed by atoms with Gasteiger partial charge in [-0.2, -0.15) is 0 Å². The van der Waals surface area contributed by atoms with Crippen molar-refractivity contribution in [2.24, 2.45) is 9.98 Å². The molecule has 52 heavy (non-hydrogen) atoms. The number of aliphatic imine (C=N–C) groups is 2. The second-order valence-electron chi connectivity index (χ2n) is 13.2. The van der Waals surface area contributed by atoms with Crippen molar-refractivity contribution in [3.8, 4) is 17.2 Å². The molecule has 0 spiro atoms. The van der Waals surface area contributed by atoms with Gasteiger partial charge in [-0.3, -0.25) is 24.5 Å². The molecule has 0 fully saturated rings. The number of aryl methyl sites for hydroxylation is 1. The van der Waals surface area contributed by atoms with E-state index in [1.165, 1.54) is 0 Å². The lowest BCUT2D eigenvalue weighted by atomic mass is 10.1. The van der Waals surface area contributed by atoms with Crippen molar-refractivity contribution in [2.45, 2.75) is 58.4 Å². The number of carbonyl (C=O) groups excluding carboxylic acids is 2. The van der Waals surface area contributed by atoms with Crippen LogP contribution in [0.1, 0.15) is 62.7 Å². The number of amides is 2. The Balaban J connectivity index is 1.02. The van der Waals surface area contributed by atoms with Crippen molar-refractivity contribution in [3.05, 3.63) is 130 Å². The van der Waals surface area contributed by atoms with Crippen LogP contribution in [-0.2, 0) is 19.6 Å². The highest BCUT2D eigenvalue weighted by molar-refractivity contribution is 6.14. The fourth-order valence-electron chi connectivity index (χ4n) is 6.86. The number of benzene rings is 4. The van der Waals surface area contributed by atoms with Crippen molar-refractivity contribution < 1.29 is 23.8 Å². The highest BCUT2D eigenvalue weighted by Crippen LogP contribution is 2.41. The van der Waals surface area contributed by atoms with E-state index in [0.29, 0.717) is 46.4 Å². The van der Waals surface area contributed by atoms with E-state index in [1.54, 1.807) is 24.1 Å². The first-order valence-electron chi connectivity index (χ1n) is 17.6. The molecule has 3 aliphatic heterocycles. The number of methoxy groups -OCH3 is 1. The molecule has 2 amide bonds. The fourth-order valence-corrected chi connectivity index (χ4v) is 6.86. The maximum Gasteiger partial charge on any atom is 0.261 e. The van der Waals surface area contributed by atoms with E-state index >= 15 is 0 Å². The SMILES string of the molecule is C/C=C\C=C/CC[C@H]1C=Nc2cc(OCc3cccc(COc4cc5c(cc4OC)C(=O)N4c6ccccc6CC4C=N5)c3)c(C)cc2C(=O)N1C. The molecule has 0 bridgehead atoms. The van der Waals surface area contributed by atoms with Gasteiger partial charge in [0.1, 0.15) is 19.0 Å². The van der Waals surface area contributed by atoms with E-state index in [9.17, 15) is 9.59 Å². The minimum atomic E-state index is -0.137. The van der Waals surface area contributed by atoms with Gasteiger partial charge in [-0.25, -0.2) is 0 Å². The topological polar surface area (TPSA) is 93.0 Å². The number of anilines is 1. The summed E-state index contributed by atoms with van der Waals surface area (Å²) in [5.41, 5.74) is 7.03. The molecular formula is C43H42N4O5. The molecule has 0 saturated carbocycles. The summed E-state index contributed by atoms with van der Waals surface area (Å²) in [6, 6.07) is 23.0. The molecule has 9 nitrogen and oxygen atoms in total. The van der Waals surface area contributed by atoms with Gasteiger partial charge in [0, 0.05) is 43.7 Å². The summed E-state index contributed by atoms with van der Waals surface area (Å²) in [7, 11) is 3.40.